The molecule has 1 nitrogen and oxygen atoms in total. The molecule has 0 aromatic rings. The summed E-state index contributed by atoms with van der Waals surface area (Å²) < 4.78 is 0. The van der Waals surface area contributed by atoms with Crippen molar-refractivity contribution in [1.29, 1.82) is 0 Å². The van der Waals surface area contributed by atoms with Gasteiger partial charge in [-0.15, -0.1) is 0 Å². The molecular weight excluding hydrogens is 160 g/mol. The second kappa shape index (κ2) is 3.58. The molecule has 0 atom stereocenters. The van der Waals surface area contributed by atoms with Crippen molar-refractivity contribution in [3.05, 3.63) is 48.0 Å². The molecule has 1 heteroatoms. The van der Waals surface area contributed by atoms with Crippen LogP contribution in [0.3, 0.4) is 0 Å². The van der Waals surface area contributed by atoms with Gasteiger partial charge in [-0.2, -0.15) is 0 Å². The van der Waals surface area contributed by atoms with Gasteiger partial charge in [-0.3, -0.25) is 0 Å². The molecule has 0 aromatic carbocycles. The third-order valence-corrected chi connectivity index (χ3v) is 2.26. The van der Waals surface area contributed by atoms with Crippen LogP contribution in [-0.2, 0) is 6.42 Å². The fourth-order valence-electron chi connectivity index (χ4n) is 1.62. The number of fused-ring (bicyclic) bond motifs is 1. The highest BCUT2D eigenvalue weighted by Gasteiger charge is 2.05. The molecule has 0 aromatic heterocycles. The van der Waals surface area contributed by atoms with Gasteiger partial charge in [0.05, 0.1) is 0 Å². The first-order chi connectivity index (χ1) is 6.42. The van der Waals surface area contributed by atoms with Crippen LogP contribution in [0.2, 0.25) is 0 Å². The molecule has 66 valence electrons. The van der Waals surface area contributed by atoms with Crippen molar-refractivity contribution in [3.63, 3.8) is 0 Å². The Bertz CT molecular complexity index is 368. The summed E-state index contributed by atoms with van der Waals surface area (Å²) in [6, 6.07) is 14.5. The van der Waals surface area contributed by atoms with Gasteiger partial charge in [0.1, 0.15) is 0 Å². The Hall–Kier alpha value is -1.34. The molecule has 0 bridgehead atoms. The normalized spacial score (nSPS) is 10.5. The van der Waals surface area contributed by atoms with Crippen LogP contribution in [-0.4, -0.2) is 11.7 Å². The predicted octanol–water partition coefficient (Wildman–Crippen LogP) is 2.33. The van der Waals surface area contributed by atoms with Gasteiger partial charge in [-0.1, -0.05) is 42.5 Å². The molecule has 2 aliphatic rings. The maximum Gasteiger partial charge on any atom is 0.0471 e. The average molecular weight is 172 g/mol. The summed E-state index contributed by atoms with van der Waals surface area (Å²) in [5.74, 6) is 0. The van der Waals surface area contributed by atoms with E-state index in [4.69, 9.17) is 5.11 Å². The van der Waals surface area contributed by atoms with Crippen molar-refractivity contribution in [2.75, 3.05) is 6.61 Å². The second-order valence-corrected chi connectivity index (χ2v) is 3.11. The van der Waals surface area contributed by atoms with Crippen LogP contribution >= 0.6 is 0 Å². The Labute approximate surface area is 78.0 Å². The lowest BCUT2D eigenvalue weighted by Crippen LogP contribution is -1.88. The first-order valence-corrected chi connectivity index (χ1v) is 4.49. The van der Waals surface area contributed by atoms with Crippen LogP contribution in [0.15, 0.2) is 42.5 Å². The lowest BCUT2D eigenvalue weighted by molar-refractivity contribution is 0.300. The average Bonchev–Trinajstić information content (AvgIpc) is 2.38. The van der Waals surface area contributed by atoms with Gasteiger partial charge in [0, 0.05) is 6.61 Å². The molecule has 13 heavy (non-hydrogen) atoms. The summed E-state index contributed by atoms with van der Waals surface area (Å²) in [6.45, 7) is 0.220. The smallest absolute Gasteiger partial charge is 0.0471 e. The molecule has 0 aliphatic heterocycles. The molecule has 0 radical (unpaired) electrons. The van der Waals surface area contributed by atoms with Gasteiger partial charge in [0.2, 0.25) is 0 Å². The SMILES string of the molecule is OCCc1ccc2cccccc1-2. The Balaban J connectivity index is 2.49. The van der Waals surface area contributed by atoms with Crippen LogP contribution in [0.4, 0.5) is 0 Å². The lowest BCUT2D eigenvalue weighted by Gasteiger charge is -1.97. The van der Waals surface area contributed by atoms with Crippen LogP contribution in [0.25, 0.3) is 11.1 Å². The van der Waals surface area contributed by atoms with E-state index in [1.165, 1.54) is 16.7 Å². The summed E-state index contributed by atoms with van der Waals surface area (Å²) in [7, 11) is 0. The topological polar surface area (TPSA) is 20.2 Å². The minimum atomic E-state index is 0.220. The summed E-state index contributed by atoms with van der Waals surface area (Å²) in [5, 5.41) is 8.86. The lowest BCUT2D eigenvalue weighted by atomic mass is 10.1. The van der Waals surface area contributed by atoms with Gasteiger partial charge < -0.3 is 5.11 Å². The molecule has 2 aliphatic carbocycles. The van der Waals surface area contributed by atoms with Crippen molar-refractivity contribution in [2.24, 2.45) is 0 Å². The first kappa shape index (κ1) is 8.27. The van der Waals surface area contributed by atoms with E-state index >= 15 is 0 Å². The maximum atomic E-state index is 8.86. The van der Waals surface area contributed by atoms with Crippen molar-refractivity contribution in [3.8, 4) is 11.1 Å². The van der Waals surface area contributed by atoms with E-state index in [0.29, 0.717) is 0 Å². The summed E-state index contributed by atoms with van der Waals surface area (Å²) in [4.78, 5) is 0. The zero-order valence-corrected chi connectivity index (χ0v) is 7.40. The van der Waals surface area contributed by atoms with E-state index in [2.05, 4.69) is 24.3 Å². The Kier molecular flexibility index (Phi) is 2.28. The molecule has 0 heterocycles. The zero-order chi connectivity index (χ0) is 9.10. The molecular formula is C12H12O. The zero-order valence-electron chi connectivity index (χ0n) is 7.40. The first-order valence-electron chi connectivity index (χ1n) is 4.49. The predicted molar refractivity (Wildman–Crippen MR) is 53.9 cm³/mol. The molecule has 1 N–H and O–H groups in total. The number of hydrogen-bond acceptors (Lipinski definition) is 1. The Morgan fingerprint density at radius 2 is 1.77 bits per heavy atom. The Morgan fingerprint density at radius 3 is 2.62 bits per heavy atom. The van der Waals surface area contributed by atoms with Crippen molar-refractivity contribution < 1.29 is 5.11 Å². The van der Waals surface area contributed by atoms with E-state index < -0.39 is 0 Å². The van der Waals surface area contributed by atoms with E-state index in [-0.39, 0.29) is 6.61 Å². The van der Waals surface area contributed by atoms with Gasteiger partial charge in [-0.25, -0.2) is 0 Å². The van der Waals surface area contributed by atoms with E-state index in [1.54, 1.807) is 0 Å². The monoisotopic (exact) mass is 172 g/mol. The second-order valence-electron chi connectivity index (χ2n) is 3.11. The summed E-state index contributed by atoms with van der Waals surface area (Å²) >= 11 is 0. The maximum absolute atomic E-state index is 8.86. The molecule has 0 spiro atoms. The van der Waals surface area contributed by atoms with E-state index in [0.717, 1.165) is 6.42 Å². The molecule has 2 rings (SSSR count). The van der Waals surface area contributed by atoms with Crippen molar-refractivity contribution in [1.82, 2.24) is 0 Å². The minimum absolute atomic E-state index is 0.220. The van der Waals surface area contributed by atoms with Crippen molar-refractivity contribution >= 4 is 0 Å². The third-order valence-electron chi connectivity index (χ3n) is 2.26. The molecule has 0 amide bonds. The van der Waals surface area contributed by atoms with Crippen molar-refractivity contribution in [2.45, 2.75) is 6.42 Å². The molecule has 0 saturated heterocycles. The largest absolute Gasteiger partial charge is 0.396 e. The highest BCUT2D eigenvalue weighted by atomic mass is 16.2. The highest BCUT2D eigenvalue weighted by molar-refractivity contribution is 5.70. The van der Waals surface area contributed by atoms with Crippen LogP contribution < -0.4 is 0 Å². The standard InChI is InChI=1S/C12H12O/c13-9-8-11-7-6-10-4-2-1-3-5-12(10)11/h1-7,13H,8-9H2. The van der Waals surface area contributed by atoms with Gasteiger partial charge in [0.25, 0.3) is 0 Å². The highest BCUT2D eigenvalue weighted by Crippen LogP contribution is 2.26. The number of hydrogen-bond donors (Lipinski definition) is 1. The van der Waals surface area contributed by atoms with E-state index in [9.17, 15) is 0 Å². The van der Waals surface area contributed by atoms with Crippen LogP contribution in [0, 0.1) is 0 Å². The Morgan fingerprint density at radius 1 is 0.923 bits per heavy atom. The van der Waals surface area contributed by atoms with E-state index in [1.807, 2.05) is 18.2 Å². The number of aliphatic hydroxyl groups is 1. The fourth-order valence-corrected chi connectivity index (χ4v) is 1.62. The minimum Gasteiger partial charge on any atom is -0.396 e. The molecule has 0 fully saturated rings. The van der Waals surface area contributed by atoms with Gasteiger partial charge in [0.15, 0.2) is 0 Å². The van der Waals surface area contributed by atoms with Gasteiger partial charge in [-0.05, 0) is 23.1 Å². The molecule has 0 saturated carbocycles. The van der Waals surface area contributed by atoms with Gasteiger partial charge >= 0.3 is 0 Å². The fraction of sp³-hybridized carbons (Fsp3) is 0.167. The third kappa shape index (κ3) is 1.56. The number of rotatable bonds is 2. The number of aliphatic hydroxyl groups excluding tert-OH is 1. The van der Waals surface area contributed by atoms with Crippen LogP contribution in [0.5, 0.6) is 0 Å². The quantitative estimate of drug-likeness (QED) is 0.737. The summed E-state index contributed by atoms with van der Waals surface area (Å²) in [5.41, 5.74) is 3.72. The van der Waals surface area contributed by atoms with Crippen LogP contribution in [0.1, 0.15) is 5.56 Å². The molecule has 0 unspecified atom stereocenters. The summed E-state index contributed by atoms with van der Waals surface area (Å²) in [6.07, 6.45) is 0.744.